The number of rotatable bonds is 3. The fraction of sp³-hybridized carbons (Fsp3) is 0.200. The molecule has 1 unspecified atom stereocenters. The summed E-state index contributed by atoms with van der Waals surface area (Å²) in [6.07, 6.45) is -4.42. The van der Waals surface area contributed by atoms with Crippen LogP contribution in [0.15, 0.2) is 42.5 Å². The van der Waals surface area contributed by atoms with Gasteiger partial charge < -0.3 is 5.32 Å². The molecular weight excluding hydrogens is 306 g/mol. The van der Waals surface area contributed by atoms with E-state index in [1.807, 2.05) is 0 Å². The van der Waals surface area contributed by atoms with E-state index in [9.17, 15) is 17.6 Å². The number of nitrogens with one attached hydrogen (secondary N) is 1. The second-order valence-electron chi connectivity index (χ2n) is 4.58. The first-order valence-corrected chi connectivity index (χ1v) is 6.54. The number of anilines is 1. The summed E-state index contributed by atoms with van der Waals surface area (Å²) in [5.41, 5.74) is -0.130. The molecule has 1 nitrogen and oxygen atoms in total. The predicted molar refractivity (Wildman–Crippen MR) is 74.9 cm³/mol. The largest absolute Gasteiger partial charge is 0.416 e. The van der Waals surface area contributed by atoms with Gasteiger partial charge in [0.2, 0.25) is 0 Å². The van der Waals surface area contributed by atoms with Crippen LogP contribution in [0.2, 0.25) is 5.02 Å². The third-order valence-electron chi connectivity index (χ3n) is 3.04. The maximum Gasteiger partial charge on any atom is 0.416 e. The second-order valence-corrected chi connectivity index (χ2v) is 4.99. The van der Waals surface area contributed by atoms with Crippen molar-refractivity contribution in [2.75, 3.05) is 5.32 Å². The molecule has 2 aromatic rings. The number of benzene rings is 2. The summed E-state index contributed by atoms with van der Waals surface area (Å²) in [4.78, 5) is 0. The lowest BCUT2D eigenvalue weighted by atomic mass is 10.0. The van der Waals surface area contributed by atoms with Crippen LogP contribution < -0.4 is 5.32 Å². The van der Waals surface area contributed by atoms with Crippen molar-refractivity contribution < 1.29 is 17.6 Å². The average molecular weight is 318 g/mol. The molecule has 0 spiro atoms. The molecule has 0 aliphatic heterocycles. The van der Waals surface area contributed by atoms with Gasteiger partial charge in [-0.15, -0.1) is 0 Å². The van der Waals surface area contributed by atoms with Crippen LogP contribution in [0.25, 0.3) is 0 Å². The zero-order valence-electron chi connectivity index (χ0n) is 11.0. The highest BCUT2D eigenvalue weighted by Crippen LogP contribution is 2.35. The molecule has 0 radical (unpaired) electrons. The van der Waals surface area contributed by atoms with Gasteiger partial charge >= 0.3 is 6.18 Å². The van der Waals surface area contributed by atoms with Crippen LogP contribution in [0.3, 0.4) is 0 Å². The fourth-order valence-corrected chi connectivity index (χ4v) is 2.23. The van der Waals surface area contributed by atoms with Gasteiger partial charge in [-0.1, -0.05) is 29.8 Å². The first kappa shape index (κ1) is 15.6. The van der Waals surface area contributed by atoms with Gasteiger partial charge in [0.05, 0.1) is 10.6 Å². The quantitative estimate of drug-likeness (QED) is 0.719. The summed E-state index contributed by atoms with van der Waals surface area (Å²) < 4.78 is 52.0. The average Bonchev–Trinajstić information content (AvgIpc) is 2.42. The smallest absolute Gasteiger partial charge is 0.378 e. The molecular formula is C15H12ClF4N. The Morgan fingerprint density at radius 2 is 1.76 bits per heavy atom. The molecule has 112 valence electrons. The van der Waals surface area contributed by atoms with Crippen molar-refractivity contribution in [2.45, 2.75) is 19.1 Å². The maximum absolute atomic E-state index is 13.1. The Hall–Kier alpha value is -1.75. The van der Waals surface area contributed by atoms with E-state index in [-0.39, 0.29) is 10.6 Å². The standard InChI is InChI=1S/C15H12ClF4N/c1-9(21-10-6-7-14(17)13(16)8-10)11-4-2-3-5-12(11)15(18,19)20/h2-9,21H,1H3. The topological polar surface area (TPSA) is 12.0 Å². The van der Waals surface area contributed by atoms with E-state index in [2.05, 4.69) is 5.32 Å². The monoisotopic (exact) mass is 317 g/mol. The molecule has 0 saturated heterocycles. The highest BCUT2D eigenvalue weighted by Gasteiger charge is 2.34. The Bertz CT molecular complexity index is 640. The van der Waals surface area contributed by atoms with Crippen LogP contribution in [0.5, 0.6) is 0 Å². The number of hydrogen-bond acceptors (Lipinski definition) is 1. The number of hydrogen-bond donors (Lipinski definition) is 1. The minimum Gasteiger partial charge on any atom is -0.378 e. The molecule has 0 fully saturated rings. The van der Waals surface area contributed by atoms with Crippen molar-refractivity contribution in [3.05, 3.63) is 64.4 Å². The molecule has 0 aromatic heterocycles. The fourth-order valence-electron chi connectivity index (χ4n) is 2.05. The van der Waals surface area contributed by atoms with Gasteiger partial charge in [-0.05, 0) is 36.8 Å². The van der Waals surface area contributed by atoms with Crippen molar-refractivity contribution in [2.24, 2.45) is 0 Å². The van der Waals surface area contributed by atoms with Gasteiger partial charge in [0, 0.05) is 11.7 Å². The van der Waals surface area contributed by atoms with E-state index < -0.39 is 23.6 Å². The van der Waals surface area contributed by atoms with Crippen LogP contribution >= 0.6 is 11.6 Å². The Morgan fingerprint density at radius 3 is 2.38 bits per heavy atom. The molecule has 0 amide bonds. The van der Waals surface area contributed by atoms with Crippen LogP contribution in [-0.2, 0) is 6.18 Å². The van der Waals surface area contributed by atoms with Gasteiger partial charge in [0.25, 0.3) is 0 Å². The molecule has 0 saturated carbocycles. The van der Waals surface area contributed by atoms with E-state index in [4.69, 9.17) is 11.6 Å². The van der Waals surface area contributed by atoms with E-state index in [1.165, 1.54) is 24.3 Å². The Morgan fingerprint density at radius 1 is 1.10 bits per heavy atom. The molecule has 0 aliphatic rings. The third-order valence-corrected chi connectivity index (χ3v) is 3.33. The SMILES string of the molecule is CC(Nc1ccc(F)c(Cl)c1)c1ccccc1C(F)(F)F. The summed E-state index contributed by atoms with van der Waals surface area (Å²) in [7, 11) is 0. The van der Waals surface area contributed by atoms with Gasteiger partial charge in [-0.25, -0.2) is 4.39 Å². The normalized spacial score (nSPS) is 13.0. The lowest BCUT2D eigenvalue weighted by molar-refractivity contribution is -0.138. The second kappa shape index (κ2) is 5.93. The van der Waals surface area contributed by atoms with Gasteiger partial charge in [0.1, 0.15) is 5.82 Å². The Balaban J connectivity index is 2.28. The third kappa shape index (κ3) is 3.67. The lowest BCUT2D eigenvalue weighted by Gasteiger charge is -2.20. The van der Waals surface area contributed by atoms with Crippen LogP contribution in [0, 0.1) is 5.82 Å². The molecule has 1 atom stereocenters. The molecule has 0 bridgehead atoms. The Kier molecular flexibility index (Phi) is 4.42. The van der Waals surface area contributed by atoms with Crippen LogP contribution in [0.4, 0.5) is 23.2 Å². The van der Waals surface area contributed by atoms with Gasteiger partial charge in [0.15, 0.2) is 0 Å². The zero-order chi connectivity index (χ0) is 15.6. The van der Waals surface area contributed by atoms with Crippen molar-refractivity contribution >= 4 is 17.3 Å². The van der Waals surface area contributed by atoms with Crippen LogP contribution in [0.1, 0.15) is 24.1 Å². The predicted octanol–water partition coefficient (Wildman–Crippen LogP) is 5.67. The van der Waals surface area contributed by atoms with E-state index in [0.29, 0.717) is 5.69 Å². The zero-order valence-corrected chi connectivity index (χ0v) is 11.8. The first-order chi connectivity index (χ1) is 9.79. The molecule has 2 aromatic carbocycles. The highest BCUT2D eigenvalue weighted by atomic mass is 35.5. The van der Waals surface area contributed by atoms with Crippen LogP contribution in [-0.4, -0.2) is 0 Å². The summed E-state index contributed by atoms with van der Waals surface area (Å²) in [6.45, 7) is 1.60. The van der Waals surface area contributed by atoms with Crippen molar-refractivity contribution in [3.8, 4) is 0 Å². The van der Waals surface area contributed by atoms with Gasteiger partial charge in [-0.3, -0.25) is 0 Å². The lowest BCUT2D eigenvalue weighted by Crippen LogP contribution is -2.15. The molecule has 6 heteroatoms. The van der Waals surface area contributed by atoms with Crippen molar-refractivity contribution in [1.29, 1.82) is 0 Å². The summed E-state index contributed by atoms with van der Waals surface area (Å²) >= 11 is 5.65. The van der Waals surface area contributed by atoms with Crippen molar-refractivity contribution in [1.82, 2.24) is 0 Å². The summed E-state index contributed by atoms with van der Waals surface area (Å²) in [5.74, 6) is -0.578. The number of halogens is 5. The molecule has 1 N–H and O–H groups in total. The highest BCUT2D eigenvalue weighted by molar-refractivity contribution is 6.31. The molecule has 0 aliphatic carbocycles. The minimum absolute atomic E-state index is 0.0868. The van der Waals surface area contributed by atoms with E-state index in [0.717, 1.165) is 12.1 Å². The van der Waals surface area contributed by atoms with Crippen molar-refractivity contribution in [3.63, 3.8) is 0 Å². The summed E-state index contributed by atoms with van der Waals surface area (Å²) in [5, 5.41) is 2.80. The van der Waals surface area contributed by atoms with E-state index in [1.54, 1.807) is 13.0 Å². The number of alkyl halides is 3. The molecule has 0 heterocycles. The first-order valence-electron chi connectivity index (χ1n) is 6.16. The molecule has 2 rings (SSSR count). The molecule has 21 heavy (non-hydrogen) atoms. The van der Waals surface area contributed by atoms with E-state index >= 15 is 0 Å². The summed E-state index contributed by atoms with van der Waals surface area (Å²) in [6, 6.07) is 8.64. The minimum atomic E-state index is -4.42. The van der Waals surface area contributed by atoms with Gasteiger partial charge in [-0.2, -0.15) is 13.2 Å². The Labute approximate surface area is 124 Å². The maximum atomic E-state index is 13.1.